The summed E-state index contributed by atoms with van der Waals surface area (Å²) in [7, 11) is 0. The Kier molecular flexibility index (Phi) is 4.69. The van der Waals surface area contributed by atoms with Crippen molar-refractivity contribution in [1.29, 1.82) is 0 Å². The van der Waals surface area contributed by atoms with Crippen LogP contribution in [0.25, 0.3) is 11.4 Å². The lowest BCUT2D eigenvalue weighted by Crippen LogP contribution is -2.11. The Bertz CT molecular complexity index is 790. The number of rotatable bonds is 6. The number of nitrogens with zero attached hydrogens (tertiary/aromatic N) is 6. The first-order valence-corrected chi connectivity index (χ1v) is 8.30. The van der Waals surface area contributed by atoms with Crippen molar-refractivity contribution < 1.29 is 4.52 Å². The first-order chi connectivity index (χ1) is 11.6. The van der Waals surface area contributed by atoms with Crippen LogP contribution < -0.4 is 0 Å². The maximum Gasteiger partial charge on any atom is 0.253 e. The van der Waals surface area contributed by atoms with E-state index in [4.69, 9.17) is 4.52 Å². The zero-order chi connectivity index (χ0) is 17.1. The Labute approximate surface area is 141 Å². The fraction of sp³-hybridized carbons (Fsp3) is 0.471. The van der Waals surface area contributed by atoms with E-state index in [0.29, 0.717) is 23.5 Å². The highest BCUT2D eigenvalue weighted by Crippen LogP contribution is 2.21. The van der Waals surface area contributed by atoms with E-state index in [1.807, 2.05) is 19.1 Å². The summed E-state index contributed by atoms with van der Waals surface area (Å²) in [6.45, 7) is 8.33. The van der Waals surface area contributed by atoms with Gasteiger partial charge in [0.05, 0.1) is 0 Å². The lowest BCUT2D eigenvalue weighted by atomic mass is 10.0. The lowest BCUT2D eigenvalue weighted by Gasteiger charge is -2.05. The molecule has 0 unspecified atom stereocenters. The molecule has 1 aromatic carbocycles. The molecule has 0 radical (unpaired) electrons. The normalized spacial score (nSPS) is 12.7. The first kappa shape index (κ1) is 16.3. The van der Waals surface area contributed by atoms with Crippen LogP contribution in [0.1, 0.15) is 63.4 Å². The molecule has 0 aliphatic rings. The third kappa shape index (κ3) is 3.34. The molecule has 24 heavy (non-hydrogen) atoms. The quantitative estimate of drug-likeness (QED) is 0.690. The number of aryl methyl sites for hydroxylation is 1. The molecule has 0 N–H and O–H groups in total. The Balaban J connectivity index is 1.78. The van der Waals surface area contributed by atoms with Gasteiger partial charge in [0.15, 0.2) is 5.82 Å². The van der Waals surface area contributed by atoms with Crippen molar-refractivity contribution >= 4 is 0 Å². The fourth-order valence-electron chi connectivity index (χ4n) is 2.38. The highest BCUT2D eigenvalue weighted by atomic mass is 16.5. The van der Waals surface area contributed by atoms with E-state index in [1.165, 1.54) is 10.4 Å². The van der Waals surface area contributed by atoms with Crippen LogP contribution in [0.5, 0.6) is 0 Å². The molecule has 0 fully saturated rings. The van der Waals surface area contributed by atoms with Crippen LogP contribution in [0, 0.1) is 0 Å². The van der Waals surface area contributed by atoms with E-state index in [9.17, 15) is 0 Å². The predicted molar refractivity (Wildman–Crippen MR) is 89.4 cm³/mol. The second-order valence-electron chi connectivity index (χ2n) is 6.18. The molecule has 2 aromatic heterocycles. The molecule has 1 atom stereocenters. The van der Waals surface area contributed by atoms with E-state index in [-0.39, 0.29) is 6.04 Å². The van der Waals surface area contributed by atoms with Crippen LogP contribution in [0.3, 0.4) is 0 Å². The van der Waals surface area contributed by atoms with Gasteiger partial charge in [-0.25, -0.2) is 0 Å². The average molecular weight is 326 g/mol. The van der Waals surface area contributed by atoms with Crippen LogP contribution in [-0.4, -0.2) is 30.3 Å². The molecule has 0 aliphatic carbocycles. The van der Waals surface area contributed by atoms with Crippen molar-refractivity contribution in [3.8, 4) is 11.4 Å². The number of benzene rings is 1. The van der Waals surface area contributed by atoms with Gasteiger partial charge >= 0.3 is 0 Å². The average Bonchev–Trinajstić information content (AvgIpc) is 3.24. The lowest BCUT2D eigenvalue weighted by molar-refractivity contribution is 0.318. The Morgan fingerprint density at radius 2 is 1.88 bits per heavy atom. The highest BCUT2D eigenvalue weighted by Gasteiger charge is 2.19. The summed E-state index contributed by atoms with van der Waals surface area (Å²) in [5, 5.41) is 16.7. The number of hydrogen-bond donors (Lipinski definition) is 0. The second kappa shape index (κ2) is 6.90. The van der Waals surface area contributed by atoms with Gasteiger partial charge in [0, 0.05) is 12.0 Å². The molecule has 7 heteroatoms. The molecule has 3 rings (SSSR count). The topological polar surface area (TPSA) is 82.5 Å². The minimum atomic E-state index is -0.251. The smallest absolute Gasteiger partial charge is 0.253 e. The zero-order valence-corrected chi connectivity index (χ0v) is 14.5. The van der Waals surface area contributed by atoms with E-state index in [1.54, 1.807) is 0 Å². The molecule has 0 bridgehead atoms. The van der Waals surface area contributed by atoms with Gasteiger partial charge in [0.25, 0.3) is 5.89 Å². The molecular weight excluding hydrogens is 304 g/mol. The highest BCUT2D eigenvalue weighted by molar-refractivity contribution is 5.54. The van der Waals surface area contributed by atoms with E-state index < -0.39 is 0 Å². The van der Waals surface area contributed by atoms with Gasteiger partial charge < -0.3 is 4.52 Å². The van der Waals surface area contributed by atoms with Gasteiger partial charge in [-0.05, 0) is 30.0 Å². The van der Waals surface area contributed by atoms with Crippen molar-refractivity contribution in [3.05, 3.63) is 41.5 Å². The van der Waals surface area contributed by atoms with Crippen molar-refractivity contribution in [3.63, 3.8) is 0 Å². The van der Waals surface area contributed by atoms with Crippen molar-refractivity contribution in [2.24, 2.45) is 0 Å². The van der Waals surface area contributed by atoms with Gasteiger partial charge in [0.1, 0.15) is 6.04 Å². The first-order valence-electron chi connectivity index (χ1n) is 8.30. The summed E-state index contributed by atoms with van der Waals surface area (Å²) < 4.78 is 5.30. The summed E-state index contributed by atoms with van der Waals surface area (Å²) in [5.41, 5.74) is 2.23. The molecule has 0 spiro atoms. The third-order valence-electron chi connectivity index (χ3n) is 3.93. The molecule has 3 aromatic rings. The molecule has 0 saturated carbocycles. The van der Waals surface area contributed by atoms with Gasteiger partial charge in [-0.3, -0.25) is 0 Å². The van der Waals surface area contributed by atoms with E-state index >= 15 is 0 Å². The van der Waals surface area contributed by atoms with Crippen LogP contribution >= 0.6 is 0 Å². The third-order valence-corrected chi connectivity index (χ3v) is 3.93. The van der Waals surface area contributed by atoms with Gasteiger partial charge in [-0.2, -0.15) is 9.78 Å². The standard InChI is InChI=1S/C17H22N6O/c1-5-6-15-18-17(24-21-15)12(4)23-20-16(19-22-23)14-9-7-13(8-10-14)11(2)3/h7-12H,5-6H2,1-4H3/t12-/m1/s1. The van der Waals surface area contributed by atoms with Gasteiger partial charge in [-0.15, -0.1) is 10.2 Å². The number of hydrogen-bond acceptors (Lipinski definition) is 6. The van der Waals surface area contributed by atoms with E-state index in [2.05, 4.69) is 58.5 Å². The van der Waals surface area contributed by atoms with Crippen LogP contribution in [-0.2, 0) is 6.42 Å². The second-order valence-corrected chi connectivity index (χ2v) is 6.18. The SMILES string of the molecule is CCCc1noc([C@@H](C)n2nnc(-c3ccc(C(C)C)cc3)n2)n1. The van der Waals surface area contributed by atoms with Crippen molar-refractivity contribution in [1.82, 2.24) is 30.3 Å². The molecule has 2 heterocycles. The molecule has 126 valence electrons. The monoisotopic (exact) mass is 326 g/mol. The van der Waals surface area contributed by atoms with Crippen LogP contribution in [0.2, 0.25) is 0 Å². The Morgan fingerprint density at radius 3 is 2.54 bits per heavy atom. The number of aromatic nitrogens is 6. The molecule has 0 saturated heterocycles. The van der Waals surface area contributed by atoms with Gasteiger partial charge in [-0.1, -0.05) is 50.2 Å². The minimum absolute atomic E-state index is 0.251. The molecular formula is C17H22N6O. The maximum absolute atomic E-state index is 5.30. The Hall–Kier alpha value is -2.57. The summed E-state index contributed by atoms with van der Waals surface area (Å²) in [6.07, 6.45) is 1.78. The summed E-state index contributed by atoms with van der Waals surface area (Å²) in [5.74, 6) is 2.30. The fourth-order valence-corrected chi connectivity index (χ4v) is 2.38. The van der Waals surface area contributed by atoms with Crippen molar-refractivity contribution in [2.45, 2.75) is 52.5 Å². The molecule has 0 amide bonds. The predicted octanol–water partition coefficient (Wildman–Crippen LogP) is 3.41. The molecule has 0 aliphatic heterocycles. The van der Waals surface area contributed by atoms with Crippen LogP contribution in [0.4, 0.5) is 0 Å². The number of tetrazole rings is 1. The zero-order valence-electron chi connectivity index (χ0n) is 14.5. The minimum Gasteiger partial charge on any atom is -0.337 e. The molecule has 7 nitrogen and oxygen atoms in total. The van der Waals surface area contributed by atoms with Gasteiger partial charge in [0.2, 0.25) is 5.82 Å². The summed E-state index contributed by atoms with van der Waals surface area (Å²) in [6, 6.07) is 7.98. The largest absolute Gasteiger partial charge is 0.337 e. The van der Waals surface area contributed by atoms with E-state index in [0.717, 1.165) is 18.4 Å². The summed E-state index contributed by atoms with van der Waals surface area (Å²) >= 11 is 0. The maximum atomic E-state index is 5.30. The summed E-state index contributed by atoms with van der Waals surface area (Å²) in [4.78, 5) is 5.89. The van der Waals surface area contributed by atoms with Crippen LogP contribution in [0.15, 0.2) is 28.8 Å². The Morgan fingerprint density at radius 1 is 1.12 bits per heavy atom. The van der Waals surface area contributed by atoms with Crippen molar-refractivity contribution in [2.75, 3.05) is 0 Å².